The van der Waals surface area contributed by atoms with Crippen molar-refractivity contribution in [3.8, 4) is 0 Å². The summed E-state index contributed by atoms with van der Waals surface area (Å²) >= 11 is 0. The molecule has 0 radical (unpaired) electrons. The molecule has 1 N–H and O–H groups in total. The van der Waals surface area contributed by atoms with Gasteiger partial charge < -0.3 is 9.53 Å². The van der Waals surface area contributed by atoms with Gasteiger partial charge in [0.2, 0.25) is 0 Å². The first kappa shape index (κ1) is 18.6. The first-order valence-corrected chi connectivity index (χ1v) is 10.9. The van der Waals surface area contributed by atoms with Crippen LogP contribution in [0.1, 0.15) is 44.2 Å². The van der Waals surface area contributed by atoms with Crippen LogP contribution in [0.15, 0.2) is 18.2 Å². The Morgan fingerprint density at radius 1 is 1.42 bits per heavy atom. The second kappa shape index (κ2) is 6.29. The van der Waals surface area contributed by atoms with E-state index >= 15 is 0 Å². The van der Waals surface area contributed by atoms with Gasteiger partial charge >= 0.3 is 5.97 Å². The largest absolute Gasteiger partial charge is 0.477 e. The van der Waals surface area contributed by atoms with Crippen LogP contribution in [0.4, 0.5) is 4.39 Å². The van der Waals surface area contributed by atoms with E-state index in [-0.39, 0.29) is 22.3 Å². The second-order valence-electron chi connectivity index (χ2n) is 7.65. The Morgan fingerprint density at radius 3 is 2.58 bits per heavy atom. The number of fused-ring (bicyclic) bond motifs is 1. The molecule has 0 fully saturated rings. The van der Waals surface area contributed by atoms with E-state index in [0.29, 0.717) is 12.0 Å². The molecule has 0 amide bonds. The fourth-order valence-electron chi connectivity index (χ4n) is 2.24. The maximum atomic E-state index is 13.9. The molecule has 1 aromatic carbocycles. The topological polar surface area (TPSA) is 64.4 Å². The lowest BCUT2D eigenvalue weighted by molar-refractivity contribution is 0.0680. The van der Waals surface area contributed by atoms with Gasteiger partial charge in [-0.1, -0.05) is 32.9 Å². The highest BCUT2D eigenvalue weighted by Crippen LogP contribution is 2.37. The minimum atomic E-state index is -1.96. The van der Waals surface area contributed by atoms with E-state index in [1.54, 1.807) is 6.07 Å². The molecule has 0 bridgehead atoms. The fourth-order valence-corrected chi connectivity index (χ4v) is 3.33. The number of carboxylic acid groups (broad SMARTS) is 1. The van der Waals surface area contributed by atoms with Gasteiger partial charge in [-0.05, 0) is 31.1 Å². The summed E-state index contributed by atoms with van der Waals surface area (Å²) in [5.41, 5.74) is 0.0740. The Balaban J connectivity index is 2.36. The summed E-state index contributed by atoms with van der Waals surface area (Å²) in [4.78, 5) is 11.7. The number of hydrogen-bond donors (Lipinski definition) is 1. The highest BCUT2D eigenvalue weighted by Gasteiger charge is 2.37. The van der Waals surface area contributed by atoms with Crippen LogP contribution in [-0.4, -0.2) is 35.8 Å². The standard InChI is InChI=1S/C17H25FN2O3Si/c1-11(10-23-24(5,6)17(2,3)4)20-15(16(21)22)12-8-7-9-13(18)14(12)19-20/h7-9,11H,10H2,1-6H3,(H,21,22)/t11-/m0/s1. The van der Waals surface area contributed by atoms with Gasteiger partial charge in [0.15, 0.2) is 19.8 Å². The van der Waals surface area contributed by atoms with Crippen molar-refractivity contribution in [2.75, 3.05) is 6.61 Å². The molecule has 1 aromatic heterocycles. The van der Waals surface area contributed by atoms with Crippen LogP contribution in [0.2, 0.25) is 18.1 Å². The third-order valence-corrected chi connectivity index (χ3v) is 9.29. The molecule has 0 saturated carbocycles. The van der Waals surface area contributed by atoms with E-state index in [2.05, 4.69) is 39.0 Å². The molecule has 7 heteroatoms. The average molecular weight is 352 g/mol. The number of nitrogens with zero attached hydrogens (tertiary/aromatic N) is 2. The molecule has 1 atom stereocenters. The van der Waals surface area contributed by atoms with Crippen molar-refractivity contribution in [1.29, 1.82) is 0 Å². The van der Waals surface area contributed by atoms with E-state index in [9.17, 15) is 14.3 Å². The summed E-state index contributed by atoms with van der Waals surface area (Å²) in [5.74, 6) is -1.64. The zero-order valence-electron chi connectivity index (χ0n) is 15.1. The number of carbonyl (C=O) groups is 1. The molecular weight excluding hydrogens is 327 g/mol. The first-order valence-electron chi connectivity index (χ1n) is 7.99. The third-order valence-electron chi connectivity index (χ3n) is 4.79. The number of hydrogen-bond acceptors (Lipinski definition) is 3. The van der Waals surface area contributed by atoms with Crippen molar-refractivity contribution in [2.24, 2.45) is 0 Å². The van der Waals surface area contributed by atoms with Gasteiger partial charge in [-0.15, -0.1) is 0 Å². The maximum absolute atomic E-state index is 13.9. The fraction of sp³-hybridized carbons (Fsp3) is 0.529. The van der Waals surface area contributed by atoms with Crippen LogP contribution < -0.4 is 0 Å². The minimum absolute atomic E-state index is 0.00386. The molecule has 0 aliphatic carbocycles. The molecule has 0 aliphatic heterocycles. The van der Waals surface area contributed by atoms with Crippen molar-refractivity contribution >= 4 is 25.2 Å². The van der Waals surface area contributed by atoms with Crippen LogP contribution in [0.3, 0.4) is 0 Å². The van der Waals surface area contributed by atoms with Gasteiger partial charge in [-0.2, -0.15) is 5.10 Å². The number of halogens is 1. The predicted molar refractivity (Wildman–Crippen MR) is 94.5 cm³/mol. The first-order chi connectivity index (χ1) is 11.0. The van der Waals surface area contributed by atoms with Crippen LogP contribution >= 0.6 is 0 Å². The van der Waals surface area contributed by atoms with E-state index in [1.165, 1.54) is 16.8 Å². The summed E-state index contributed by atoms with van der Waals surface area (Å²) in [6.07, 6.45) is 0. The molecule has 0 aliphatic rings. The Hall–Kier alpha value is -1.73. The average Bonchev–Trinajstić information content (AvgIpc) is 2.84. The molecule has 132 valence electrons. The summed E-state index contributed by atoms with van der Waals surface area (Å²) in [5, 5.41) is 14.1. The lowest BCUT2D eigenvalue weighted by atomic mass is 10.2. The number of aromatic nitrogens is 2. The number of rotatable bonds is 5. The van der Waals surface area contributed by atoms with Crippen molar-refractivity contribution in [1.82, 2.24) is 9.78 Å². The normalized spacial score (nSPS) is 14.1. The van der Waals surface area contributed by atoms with E-state index in [0.717, 1.165) is 0 Å². The number of benzene rings is 1. The minimum Gasteiger partial charge on any atom is -0.477 e. The molecule has 24 heavy (non-hydrogen) atoms. The maximum Gasteiger partial charge on any atom is 0.354 e. The number of aromatic carboxylic acids is 1. The van der Waals surface area contributed by atoms with Gasteiger partial charge in [0.25, 0.3) is 0 Å². The molecular formula is C17H25FN2O3Si. The molecule has 0 saturated heterocycles. The van der Waals surface area contributed by atoms with Crippen molar-refractivity contribution in [3.63, 3.8) is 0 Å². The predicted octanol–water partition coefficient (Wildman–Crippen LogP) is 4.46. The van der Waals surface area contributed by atoms with Gasteiger partial charge in [0.1, 0.15) is 5.52 Å². The van der Waals surface area contributed by atoms with Crippen molar-refractivity contribution < 1.29 is 18.7 Å². The molecule has 2 aromatic rings. The van der Waals surface area contributed by atoms with Crippen LogP contribution in [0, 0.1) is 5.82 Å². The van der Waals surface area contributed by atoms with Crippen LogP contribution in [0.25, 0.3) is 10.9 Å². The zero-order chi connectivity index (χ0) is 18.3. The number of carboxylic acids is 1. The highest BCUT2D eigenvalue weighted by molar-refractivity contribution is 6.74. The van der Waals surface area contributed by atoms with Crippen LogP contribution in [0.5, 0.6) is 0 Å². The van der Waals surface area contributed by atoms with E-state index < -0.39 is 20.1 Å². The van der Waals surface area contributed by atoms with Crippen molar-refractivity contribution in [2.45, 2.75) is 51.9 Å². The van der Waals surface area contributed by atoms with Gasteiger partial charge in [0, 0.05) is 5.39 Å². The quantitative estimate of drug-likeness (QED) is 0.807. The Labute approximate surface area is 142 Å². The monoisotopic (exact) mass is 352 g/mol. The van der Waals surface area contributed by atoms with E-state index in [1.807, 2.05) is 6.92 Å². The Morgan fingerprint density at radius 2 is 2.04 bits per heavy atom. The molecule has 5 nitrogen and oxygen atoms in total. The molecule has 0 spiro atoms. The van der Waals surface area contributed by atoms with Gasteiger partial charge in [-0.3, -0.25) is 4.68 Å². The lowest BCUT2D eigenvalue weighted by Gasteiger charge is -2.37. The Kier molecular flexibility index (Phi) is 4.88. The summed E-state index contributed by atoms with van der Waals surface area (Å²) in [6.45, 7) is 12.9. The highest BCUT2D eigenvalue weighted by atomic mass is 28.4. The van der Waals surface area contributed by atoms with Gasteiger partial charge in [0.05, 0.1) is 12.6 Å². The smallest absolute Gasteiger partial charge is 0.354 e. The summed E-state index contributed by atoms with van der Waals surface area (Å²) in [7, 11) is -1.96. The van der Waals surface area contributed by atoms with Gasteiger partial charge in [-0.25, -0.2) is 9.18 Å². The zero-order valence-corrected chi connectivity index (χ0v) is 16.1. The molecule has 0 unspecified atom stereocenters. The van der Waals surface area contributed by atoms with Crippen LogP contribution in [-0.2, 0) is 4.43 Å². The molecule has 1 heterocycles. The van der Waals surface area contributed by atoms with E-state index in [4.69, 9.17) is 4.43 Å². The lowest BCUT2D eigenvalue weighted by Crippen LogP contribution is -2.42. The third kappa shape index (κ3) is 3.37. The van der Waals surface area contributed by atoms with Crippen molar-refractivity contribution in [3.05, 3.63) is 29.7 Å². The second-order valence-corrected chi connectivity index (χ2v) is 12.5. The SMILES string of the molecule is C[C@@H](CO[Si](C)(C)C(C)(C)C)n1nc2c(F)cccc2c1C(=O)O. The molecule has 2 rings (SSSR count). The summed E-state index contributed by atoms with van der Waals surface area (Å²) < 4.78 is 21.5. The Bertz CT molecular complexity index is 765. The summed E-state index contributed by atoms with van der Waals surface area (Å²) in [6, 6.07) is 4.04.